The number of nitrogens with two attached hydrogens (primary N) is 1. The molecule has 1 aromatic rings. The maximum atomic E-state index is 5.79. The molecule has 1 aliphatic rings. The molecule has 1 saturated heterocycles. The van der Waals surface area contributed by atoms with Gasteiger partial charge in [-0.15, -0.1) is 0 Å². The van der Waals surface area contributed by atoms with Crippen molar-refractivity contribution >= 4 is 21.6 Å². The minimum atomic E-state index is 0.542. The van der Waals surface area contributed by atoms with Gasteiger partial charge in [0.2, 0.25) is 0 Å². The van der Waals surface area contributed by atoms with Crippen molar-refractivity contribution in [1.82, 2.24) is 4.90 Å². The lowest BCUT2D eigenvalue weighted by atomic mass is 10.1. The number of hydrogen-bond acceptors (Lipinski definition) is 3. The molecule has 0 spiro atoms. The van der Waals surface area contributed by atoms with Crippen LogP contribution in [0.3, 0.4) is 0 Å². The minimum absolute atomic E-state index is 0.542. The lowest BCUT2D eigenvalue weighted by molar-refractivity contribution is -0.0127. The standard InChI is InChI=1S/C13H19BrN2O/c1-2-11-9-17-6-5-16(11)8-10-3-4-13(15)12(14)7-10/h3-4,7,11H,2,5-6,8-9,15H2,1H3. The van der Waals surface area contributed by atoms with E-state index < -0.39 is 0 Å². The number of benzene rings is 1. The monoisotopic (exact) mass is 298 g/mol. The summed E-state index contributed by atoms with van der Waals surface area (Å²) < 4.78 is 6.50. The molecule has 0 bridgehead atoms. The molecule has 94 valence electrons. The second-order valence-electron chi connectivity index (χ2n) is 4.46. The van der Waals surface area contributed by atoms with E-state index in [1.54, 1.807) is 0 Å². The van der Waals surface area contributed by atoms with Gasteiger partial charge in [0.15, 0.2) is 0 Å². The highest BCUT2D eigenvalue weighted by molar-refractivity contribution is 9.10. The number of rotatable bonds is 3. The van der Waals surface area contributed by atoms with Crippen molar-refractivity contribution in [3.05, 3.63) is 28.2 Å². The summed E-state index contributed by atoms with van der Waals surface area (Å²) in [5, 5.41) is 0. The van der Waals surface area contributed by atoms with E-state index >= 15 is 0 Å². The summed E-state index contributed by atoms with van der Waals surface area (Å²) in [7, 11) is 0. The molecule has 1 heterocycles. The van der Waals surface area contributed by atoms with Gasteiger partial charge in [-0.25, -0.2) is 0 Å². The molecule has 0 saturated carbocycles. The molecular formula is C13H19BrN2O. The summed E-state index contributed by atoms with van der Waals surface area (Å²) >= 11 is 3.47. The van der Waals surface area contributed by atoms with Crippen LogP contribution in [0.5, 0.6) is 0 Å². The highest BCUT2D eigenvalue weighted by atomic mass is 79.9. The quantitative estimate of drug-likeness (QED) is 0.872. The number of hydrogen-bond donors (Lipinski definition) is 1. The predicted octanol–water partition coefficient (Wildman–Crippen LogP) is 2.64. The largest absolute Gasteiger partial charge is 0.398 e. The summed E-state index contributed by atoms with van der Waals surface area (Å²) in [4.78, 5) is 2.49. The summed E-state index contributed by atoms with van der Waals surface area (Å²) in [5.41, 5.74) is 7.89. The van der Waals surface area contributed by atoms with Gasteiger partial charge in [-0.2, -0.15) is 0 Å². The first-order chi connectivity index (χ1) is 8.20. The molecule has 2 N–H and O–H groups in total. The fourth-order valence-electron chi connectivity index (χ4n) is 2.18. The maximum absolute atomic E-state index is 5.79. The number of nitrogens with zero attached hydrogens (tertiary/aromatic N) is 1. The normalized spacial score (nSPS) is 21.6. The van der Waals surface area contributed by atoms with Gasteiger partial charge < -0.3 is 10.5 Å². The molecule has 0 amide bonds. The minimum Gasteiger partial charge on any atom is -0.398 e. The fourth-order valence-corrected chi connectivity index (χ4v) is 2.60. The first kappa shape index (κ1) is 12.9. The van der Waals surface area contributed by atoms with Crippen molar-refractivity contribution in [3.63, 3.8) is 0 Å². The average molecular weight is 299 g/mol. The van der Waals surface area contributed by atoms with Crippen molar-refractivity contribution in [1.29, 1.82) is 0 Å². The summed E-state index contributed by atoms with van der Waals surface area (Å²) in [6, 6.07) is 6.71. The van der Waals surface area contributed by atoms with Gasteiger partial charge in [-0.1, -0.05) is 13.0 Å². The molecule has 1 aromatic carbocycles. The molecule has 0 aromatic heterocycles. The van der Waals surface area contributed by atoms with Crippen LogP contribution >= 0.6 is 15.9 Å². The van der Waals surface area contributed by atoms with Gasteiger partial charge in [0.25, 0.3) is 0 Å². The van der Waals surface area contributed by atoms with Gasteiger partial charge in [-0.05, 0) is 40.0 Å². The van der Waals surface area contributed by atoms with Crippen molar-refractivity contribution in [2.24, 2.45) is 0 Å². The van der Waals surface area contributed by atoms with Crippen LogP contribution in [0.2, 0.25) is 0 Å². The third kappa shape index (κ3) is 3.21. The van der Waals surface area contributed by atoms with Gasteiger partial charge in [-0.3, -0.25) is 4.90 Å². The van der Waals surface area contributed by atoms with E-state index in [4.69, 9.17) is 10.5 Å². The Labute approximate surface area is 111 Å². The lowest BCUT2D eigenvalue weighted by Crippen LogP contribution is -2.44. The highest BCUT2D eigenvalue weighted by Crippen LogP contribution is 2.22. The Balaban J connectivity index is 2.05. The number of morpholine rings is 1. The van der Waals surface area contributed by atoms with E-state index in [-0.39, 0.29) is 0 Å². The van der Waals surface area contributed by atoms with Crippen LogP contribution in [-0.4, -0.2) is 30.7 Å². The molecule has 1 aliphatic heterocycles. The first-order valence-electron chi connectivity index (χ1n) is 6.06. The summed E-state index contributed by atoms with van der Waals surface area (Å²) in [6.07, 6.45) is 1.14. The van der Waals surface area contributed by atoms with E-state index in [9.17, 15) is 0 Å². The Bertz CT molecular complexity index is 384. The molecule has 2 rings (SSSR count). The summed E-state index contributed by atoms with van der Waals surface area (Å²) in [6.45, 7) is 5.89. The SMILES string of the molecule is CCC1COCCN1Cc1ccc(N)c(Br)c1. The number of ether oxygens (including phenoxy) is 1. The van der Waals surface area contributed by atoms with Crippen LogP contribution < -0.4 is 5.73 Å². The molecule has 1 atom stereocenters. The average Bonchev–Trinajstić information content (AvgIpc) is 2.34. The van der Waals surface area contributed by atoms with E-state index in [2.05, 4.69) is 39.9 Å². The number of halogens is 1. The van der Waals surface area contributed by atoms with Gasteiger partial charge in [0.05, 0.1) is 13.2 Å². The number of anilines is 1. The third-order valence-corrected chi connectivity index (χ3v) is 3.96. The van der Waals surface area contributed by atoms with Crippen LogP contribution in [0.4, 0.5) is 5.69 Å². The molecule has 0 radical (unpaired) electrons. The van der Waals surface area contributed by atoms with Crippen LogP contribution in [0, 0.1) is 0 Å². The van der Waals surface area contributed by atoms with Crippen LogP contribution in [0.1, 0.15) is 18.9 Å². The van der Waals surface area contributed by atoms with E-state index in [0.29, 0.717) is 6.04 Å². The Morgan fingerprint density at radius 2 is 2.35 bits per heavy atom. The Kier molecular flexibility index (Phi) is 4.42. The van der Waals surface area contributed by atoms with Crippen LogP contribution in [-0.2, 0) is 11.3 Å². The molecule has 1 fully saturated rings. The van der Waals surface area contributed by atoms with Gasteiger partial charge >= 0.3 is 0 Å². The fraction of sp³-hybridized carbons (Fsp3) is 0.538. The van der Waals surface area contributed by atoms with Crippen LogP contribution in [0.15, 0.2) is 22.7 Å². The molecular weight excluding hydrogens is 280 g/mol. The molecule has 17 heavy (non-hydrogen) atoms. The van der Waals surface area contributed by atoms with E-state index in [1.165, 1.54) is 5.56 Å². The van der Waals surface area contributed by atoms with E-state index in [1.807, 2.05) is 6.07 Å². The highest BCUT2D eigenvalue weighted by Gasteiger charge is 2.21. The van der Waals surface area contributed by atoms with Gasteiger partial charge in [0.1, 0.15) is 0 Å². The predicted molar refractivity (Wildman–Crippen MR) is 73.9 cm³/mol. The third-order valence-electron chi connectivity index (χ3n) is 3.27. The number of nitrogen functional groups attached to an aromatic ring is 1. The second kappa shape index (κ2) is 5.85. The van der Waals surface area contributed by atoms with Crippen molar-refractivity contribution in [2.75, 3.05) is 25.5 Å². The van der Waals surface area contributed by atoms with Crippen molar-refractivity contribution in [3.8, 4) is 0 Å². The second-order valence-corrected chi connectivity index (χ2v) is 5.32. The zero-order valence-corrected chi connectivity index (χ0v) is 11.7. The zero-order chi connectivity index (χ0) is 12.3. The van der Waals surface area contributed by atoms with E-state index in [0.717, 1.165) is 42.9 Å². The summed E-state index contributed by atoms with van der Waals surface area (Å²) in [5.74, 6) is 0. The molecule has 3 nitrogen and oxygen atoms in total. The Morgan fingerprint density at radius 1 is 1.53 bits per heavy atom. The maximum Gasteiger partial charge on any atom is 0.0622 e. The van der Waals surface area contributed by atoms with Crippen LogP contribution in [0.25, 0.3) is 0 Å². The van der Waals surface area contributed by atoms with Crippen molar-refractivity contribution < 1.29 is 4.74 Å². The Morgan fingerprint density at radius 3 is 3.06 bits per heavy atom. The topological polar surface area (TPSA) is 38.5 Å². The first-order valence-corrected chi connectivity index (χ1v) is 6.85. The lowest BCUT2D eigenvalue weighted by Gasteiger charge is -2.35. The molecule has 4 heteroatoms. The zero-order valence-electron chi connectivity index (χ0n) is 10.2. The molecule has 0 aliphatic carbocycles. The molecule has 1 unspecified atom stereocenters. The van der Waals surface area contributed by atoms with Crippen molar-refractivity contribution in [2.45, 2.75) is 25.9 Å². The Hall–Kier alpha value is -0.580. The van der Waals surface area contributed by atoms with Gasteiger partial charge in [0, 0.05) is 29.3 Å². The smallest absolute Gasteiger partial charge is 0.0622 e.